The van der Waals surface area contributed by atoms with Gasteiger partial charge in [0.25, 0.3) is 0 Å². The predicted molar refractivity (Wildman–Crippen MR) is 30.6 cm³/mol. The van der Waals surface area contributed by atoms with Crippen molar-refractivity contribution in [3.05, 3.63) is 11.8 Å². The first-order valence-corrected chi connectivity index (χ1v) is 2.25. The number of carbonyl (C=O) groups is 2. The number of carboxylic acid groups (broad SMARTS) is 1. The minimum Gasteiger partial charge on any atom is -0.477 e. The molecule has 0 bridgehead atoms. The maximum atomic E-state index is 10.1. The van der Waals surface area contributed by atoms with E-state index in [0.29, 0.717) is 0 Å². The van der Waals surface area contributed by atoms with Crippen molar-refractivity contribution in [1.82, 2.24) is 0 Å². The molecule has 0 fully saturated rings. The van der Waals surface area contributed by atoms with Crippen molar-refractivity contribution in [2.75, 3.05) is 0 Å². The van der Waals surface area contributed by atoms with Crippen LogP contribution in [0.4, 0.5) is 0 Å². The Morgan fingerprint density at radius 1 is 1.56 bits per heavy atom. The van der Waals surface area contributed by atoms with Gasteiger partial charge < -0.3 is 10.8 Å². The van der Waals surface area contributed by atoms with Gasteiger partial charge in [-0.2, -0.15) is 0 Å². The molecular weight excluding hydrogens is 122 g/mol. The summed E-state index contributed by atoms with van der Waals surface area (Å²) < 4.78 is 0. The number of allylic oxidation sites excluding steroid dienone is 1. The maximum absolute atomic E-state index is 10.1. The van der Waals surface area contributed by atoms with Crippen molar-refractivity contribution in [1.29, 1.82) is 0 Å². The van der Waals surface area contributed by atoms with Crippen molar-refractivity contribution in [3.8, 4) is 0 Å². The Morgan fingerprint density at radius 3 is 2.11 bits per heavy atom. The second-order valence-electron chi connectivity index (χ2n) is 1.52. The Labute approximate surface area is 52.0 Å². The molecule has 3 N–H and O–H groups in total. The van der Waals surface area contributed by atoms with Crippen molar-refractivity contribution in [3.63, 3.8) is 0 Å². The Morgan fingerprint density at radius 2 is 2.00 bits per heavy atom. The summed E-state index contributed by atoms with van der Waals surface area (Å²) in [6, 6.07) is 0. The summed E-state index contributed by atoms with van der Waals surface area (Å²) in [5, 5.41) is 8.09. The number of nitrogens with two attached hydrogens (primary N) is 1. The van der Waals surface area contributed by atoms with Crippen LogP contribution in [0, 0.1) is 0 Å². The fourth-order valence-electron chi connectivity index (χ4n) is 0.281. The van der Waals surface area contributed by atoms with Gasteiger partial charge in [0.05, 0.1) is 0 Å². The second kappa shape index (κ2) is 2.86. The summed E-state index contributed by atoms with van der Waals surface area (Å²) in [6.45, 7) is 1.23. The first kappa shape index (κ1) is 7.68. The number of ketones is 1. The molecule has 0 spiro atoms. The lowest BCUT2D eigenvalue weighted by Crippen LogP contribution is -2.11. The first-order valence-electron chi connectivity index (χ1n) is 2.25. The summed E-state index contributed by atoms with van der Waals surface area (Å²) >= 11 is 0. The maximum Gasteiger partial charge on any atom is 0.351 e. The highest BCUT2D eigenvalue weighted by Gasteiger charge is 2.00. The largest absolute Gasteiger partial charge is 0.477 e. The molecule has 9 heavy (non-hydrogen) atoms. The SMILES string of the molecule is CC(=O)C=C(N)C(=O)O. The van der Waals surface area contributed by atoms with E-state index in [4.69, 9.17) is 10.8 Å². The van der Waals surface area contributed by atoms with Crippen molar-refractivity contribution in [2.45, 2.75) is 6.92 Å². The average Bonchev–Trinajstić information content (AvgIpc) is 1.63. The van der Waals surface area contributed by atoms with Crippen LogP contribution in [0.1, 0.15) is 6.92 Å². The molecule has 50 valence electrons. The van der Waals surface area contributed by atoms with Gasteiger partial charge in [0.15, 0.2) is 5.78 Å². The first-order chi connectivity index (χ1) is 4.04. The molecule has 0 saturated heterocycles. The van der Waals surface area contributed by atoms with Gasteiger partial charge in [-0.3, -0.25) is 4.79 Å². The normalized spacial score (nSPS) is 11.0. The predicted octanol–water partition coefficient (Wildman–Crippen LogP) is -0.497. The van der Waals surface area contributed by atoms with Gasteiger partial charge in [-0.1, -0.05) is 0 Å². The van der Waals surface area contributed by atoms with E-state index in [0.717, 1.165) is 6.08 Å². The molecule has 0 radical (unpaired) electrons. The molecule has 0 aromatic rings. The highest BCUT2D eigenvalue weighted by molar-refractivity contribution is 5.96. The summed E-state index contributed by atoms with van der Waals surface area (Å²) in [7, 11) is 0. The van der Waals surface area contributed by atoms with Gasteiger partial charge in [0, 0.05) is 6.08 Å². The minimum absolute atomic E-state index is 0.366. The highest BCUT2D eigenvalue weighted by Crippen LogP contribution is 1.82. The third kappa shape index (κ3) is 3.28. The van der Waals surface area contributed by atoms with Crippen molar-refractivity contribution >= 4 is 11.8 Å². The number of carboxylic acids is 1. The van der Waals surface area contributed by atoms with Crippen LogP contribution in [-0.4, -0.2) is 16.9 Å². The Kier molecular flexibility index (Phi) is 2.44. The molecule has 0 aliphatic heterocycles. The third-order valence-electron chi connectivity index (χ3n) is 0.606. The van der Waals surface area contributed by atoms with Crippen LogP contribution in [0.25, 0.3) is 0 Å². The Balaban J connectivity index is 4.17. The third-order valence-corrected chi connectivity index (χ3v) is 0.606. The highest BCUT2D eigenvalue weighted by atomic mass is 16.4. The second-order valence-corrected chi connectivity index (χ2v) is 1.52. The summed E-state index contributed by atoms with van der Waals surface area (Å²) in [4.78, 5) is 20.0. The van der Waals surface area contributed by atoms with Gasteiger partial charge in [0.1, 0.15) is 5.70 Å². The van der Waals surface area contributed by atoms with Crippen LogP contribution in [-0.2, 0) is 9.59 Å². The van der Waals surface area contributed by atoms with Crippen LogP contribution >= 0.6 is 0 Å². The van der Waals surface area contributed by atoms with E-state index < -0.39 is 11.7 Å². The monoisotopic (exact) mass is 129 g/mol. The van der Waals surface area contributed by atoms with Gasteiger partial charge >= 0.3 is 5.97 Å². The summed E-state index contributed by atoms with van der Waals surface area (Å²) in [5.74, 6) is -1.64. The van der Waals surface area contributed by atoms with E-state index in [1.54, 1.807) is 0 Å². The molecule has 0 aromatic carbocycles. The molecule has 0 unspecified atom stereocenters. The van der Waals surface area contributed by atoms with Crippen LogP contribution in [0.15, 0.2) is 11.8 Å². The number of rotatable bonds is 2. The zero-order valence-electron chi connectivity index (χ0n) is 4.92. The van der Waals surface area contributed by atoms with Crippen molar-refractivity contribution < 1.29 is 14.7 Å². The zero-order valence-corrected chi connectivity index (χ0v) is 4.92. The van der Waals surface area contributed by atoms with Gasteiger partial charge in [-0.15, -0.1) is 0 Å². The van der Waals surface area contributed by atoms with Gasteiger partial charge in [-0.05, 0) is 6.92 Å². The molecule has 0 aliphatic carbocycles. The molecular formula is C5H7NO3. The topological polar surface area (TPSA) is 80.4 Å². The van der Waals surface area contributed by atoms with E-state index in [1.807, 2.05) is 0 Å². The number of hydrogen-bond donors (Lipinski definition) is 2. The zero-order chi connectivity index (χ0) is 7.44. The Bertz CT molecular complexity index is 171. The molecule has 0 aromatic heterocycles. The molecule has 4 heteroatoms. The van der Waals surface area contributed by atoms with Crippen LogP contribution < -0.4 is 5.73 Å². The fraction of sp³-hybridized carbons (Fsp3) is 0.200. The van der Waals surface area contributed by atoms with Crippen LogP contribution in [0.3, 0.4) is 0 Å². The lowest BCUT2D eigenvalue weighted by molar-refractivity contribution is -0.133. The van der Waals surface area contributed by atoms with E-state index in [9.17, 15) is 9.59 Å². The van der Waals surface area contributed by atoms with Crippen LogP contribution in [0.2, 0.25) is 0 Å². The lowest BCUT2D eigenvalue weighted by Gasteiger charge is -1.87. The van der Waals surface area contributed by atoms with Crippen molar-refractivity contribution in [2.24, 2.45) is 5.73 Å². The molecule has 0 aliphatic rings. The number of carbonyl (C=O) groups excluding carboxylic acids is 1. The molecule has 0 rings (SSSR count). The summed E-state index contributed by atoms with van der Waals surface area (Å²) in [6.07, 6.45) is 0.863. The average molecular weight is 129 g/mol. The van der Waals surface area contributed by atoms with Gasteiger partial charge in [0.2, 0.25) is 0 Å². The quantitative estimate of drug-likeness (QED) is 0.492. The van der Waals surface area contributed by atoms with E-state index >= 15 is 0 Å². The van der Waals surface area contributed by atoms with E-state index in [-0.39, 0.29) is 5.78 Å². The smallest absolute Gasteiger partial charge is 0.351 e. The number of aliphatic carboxylic acids is 1. The molecule has 0 atom stereocenters. The molecule has 4 nitrogen and oxygen atoms in total. The standard InChI is InChI=1S/C5H7NO3/c1-3(7)2-4(6)5(8)9/h2H,6H2,1H3,(H,8,9). The molecule has 0 amide bonds. The molecule has 0 heterocycles. The lowest BCUT2D eigenvalue weighted by atomic mass is 10.3. The fourth-order valence-corrected chi connectivity index (χ4v) is 0.281. The van der Waals surface area contributed by atoms with E-state index in [2.05, 4.69) is 0 Å². The van der Waals surface area contributed by atoms with Gasteiger partial charge in [-0.25, -0.2) is 4.79 Å². The minimum atomic E-state index is -1.27. The Hall–Kier alpha value is -1.32. The number of hydrogen-bond acceptors (Lipinski definition) is 3. The van der Waals surface area contributed by atoms with Crippen LogP contribution in [0.5, 0.6) is 0 Å². The molecule has 0 saturated carbocycles. The summed E-state index contributed by atoms with van der Waals surface area (Å²) in [5.41, 5.74) is 4.43. The van der Waals surface area contributed by atoms with E-state index in [1.165, 1.54) is 6.92 Å².